The molecule has 0 aliphatic carbocycles. The van der Waals surface area contributed by atoms with E-state index in [1.165, 1.54) is 12.1 Å². The van der Waals surface area contributed by atoms with Gasteiger partial charge in [-0.3, -0.25) is 4.79 Å². The van der Waals surface area contributed by atoms with E-state index < -0.39 is 39.3 Å². The number of rotatable bonds is 5. The molecule has 0 bridgehead atoms. The van der Waals surface area contributed by atoms with E-state index in [1.54, 1.807) is 0 Å². The largest absolute Gasteiger partial charge is 0.480 e. The molecule has 9 heteroatoms. The Kier molecular flexibility index (Phi) is 4.43. The predicted molar refractivity (Wildman–Crippen MR) is 67.6 cm³/mol. The van der Waals surface area contributed by atoms with Gasteiger partial charge < -0.3 is 9.84 Å². The number of carboxylic acid groups (broad SMARTS) is 1. The normalized spacial score (nSPS) is 19.9. The quantitative estimate of drug-likeness (QED) is 0.889. The molecule has 1 aromatic carbocycles. The van der Waals surface area contributed by atoms with Crippen molar-refractivity contribution in [1.82, 2.24) is 4.31 Å². The summed E-state index contributed by atoms with van der Waals surface area (Å²) in [5.74, 6) is -1.76. The number of carbonyl (C=O) groups is 1. The summed E-state index contributed by atoms with van der Waals surface area (Å²) in [6.45, 7) is -3.14. The van der Waals surface area contributed by atoms with Crippen LogP contribution in [0.4, 0.5) is 8.78 Å². The van der Waals surface area contributed by atoms with Gasteiger partial charge in [-0.1, -0.05) is 12.1 Å². The number of benzene rings is 1. The first-order valence-electron chi connectivity index (χ1n) is 6.12. The molecule has 116 valence electrons. The van der Waals surface area contributed by atoms with Gasteiger partial charge in [0.05, 0.1) is 0 Å². The van der Waals surface area contributed by atoms with Crippen LogP contribution in [0.25, 0.3) is 0 Å². The Bertz CT molecular complexity index is 634. The van der Waals surface area contributed by atoms with Crippen LogP contribution in [0.1, 0.15) is 12.8 Å². The number of carboxylic acids is 1. The standard InChI is InChI=1S/C12H13F2NO5S/c13-12(14)20-9-5-1-2-6-10(9)21(18,19)15-7-3-4-8(15)11(16)17/h1-2,5-6,8,12H,3-4,7H2,(H,16,17)/t8-/m1/s1. The molecular weight excluding hydrogens is 308 g/mol. The molecule has 0 aromatic heterocycles. The van der Waals surface area contributed by atoms with Crippen LogP contribution >= 0.6 is 0 Å². The number of sulfonamides is 1. The molecule has 1 atom stereocenters. The predicted octanol–water partition coefficient (Wildman–Crippen LogP) is 1.53. The second-order valence-corrected chi connectivity index (χ2v) is 6.30. The van der Waals surface area contributed by atoms with Crippen LogP contribution in [0.5, 0.6) is 5.75 Å². The van der Waals surface area contributed by atoms with Gasteiger partial charge in [0, 0.05) is 6.54 Å². The molecule has 1 saturated heterocycles. The van der Waals surface area contributed by atoms with Crippen molar-refractivity contribution in [2.45, 2.75) is 30.4 Å². The van der Waals surface area contributed by atoms with E-state index in [0.717, 1.165) is 16.4 Å². The van der Waals surface area contributed by atoms with Gasteiger partial charge in [0.2, 0.25) is 10.0 Å². The van der Waals surface area contributed by atoms with Gasteiger partial charge in [0.1, 0.15) is 16.7 Å². The smallest absolute Gasteiger partial charge is 0.387 e. The zero-order valence-corrected chi connectivity index (χ0v) is 11.6. The average molecular weight is 321 g/mol. The molecule has 2 rings (SSSR count). The van der Waals surface area contributed by atoms with Gasteiger partial charge in [0.15, 0.2) is 0 Å². The lowest BCUT2D eigenvalue weighted by atomic mass is 10.2. The highest BCUT2D eigenvalue weighted by Gasteiger charge is 2.40. The Morgan fingerprint density at radius 1 is 1.38 bits per heavy atom. The monoisotopic (exact) mass is 321 g/mol. The second-order valence-electron chi connectivity index (χ2n) is 4.44. The number of halogens is 2. The Morgan fingerprint density at radius 3 is 2.67 bits per heavy atom. The van der Waals surface area contributed by atoms with Crippen molar-refractivity contribution in [3.05, 3.63) is 24.3 Å². The van der Waals surface area contributed by atoms with E-state index in [-0.39, 0.29) is 13.0 Å². The van der Waals surface area contributed by atoms with E-state index in [1.807, 2.05) is 0 Å². The second kappa shape index (κ2) is 5.94. The molecule has 0 spiro atoms. The summed E-state index contributed by atoms with van der Waals surface area (Å²) in [5, 5.41) is 9.05. The zero-order valence-electron chi connectivity index (χ0n) is 10.8. The number of aliphatic carboxylic acids is 1. The SMILES string of the molecule is O=C(O)[C@H]1CCCN1S(=O)(=O)c1ccccc1OC(F)F. The molecule has 0 saturated carbocycles. The minimum Gasteiger partial charge on any atom is -0.480 e. The summed E-state index contributed by atoms with van der Waals surface area (Å²) in [5.41, 5.74) is 0. The number of hydrogen-bond donors (Lipinski definition) is 1. The Hall–Kier alpha value is -1.74. The first-order valence-corrected chi connectivity index (χ1v) is 7.56. The fraction of sp³-hybridized carbons (Fsp3) is 0.417. The third kappa shape index (κ3) is 3.13. The number of hydrogen-bond acceptors (Lipinski definition) is 4. The highest BCUT2D eigenvalue weighted by molar-refractivity contribution is 7.89. The summed E-state index contributed by atoms with van der Waals surface area (Å²) >= 11 is 0. The van der Waals surface area contributed by atoms with Crippen molar-refractivity contribution in [3.8, 4) is 5.75 Å². The van der Waals surface area contributed by atoms with E-state index >= 15 is 0 Å². The Morgan fingerprint density at radius 2 is 2.05 bits per heavy atom. The number of para-hydroxylation sites is 1. The maximum Gasteiger partial charge on any atom is 0.387 e. The van der Waals surface area contributed by atoms with Crippen molar-refractivity contribution in [3.63, 3.8) is 0 Å². The van der Waals surface area contributed by atoms with Crippen LogP contribution in [0.15, 0.2) is 29.2 Å². The molecule has 1 aromatic rings. The summed E-state index contributed by atoms with van der Waals surface area (Å²) in [6.07, 6.45) is 0.584. The molecule has 0 unspecified atom stereocenters. The molecule has 0 radical (unpaired) electrons. The van der Waals surface area contributed by atoms with Gasteiger partial charge in [-0.2, -0.15) is 13.1 Å². The lowest BCUT2D eigenvalue weighted by Gasteiger charge is -2.22. The van der Waals surface area contributed by atoms with Crippen molar-refractivity contribution in [2.24, 2.45) is 0 Å². The number of alkyl halides is 2. The van der Waals surface area contributed by atoms with E-state index in [0.29, 0.717) is 6.42 Å². The summed E-state index contributed by atoms with van der Waals surface area (Å²) < 4.78 is 54.7. The van der Waals surface area contributed by atoms with Crippen LogP contribution < -0.4 is 4.74 Å². The molecule has 1 fully saturated rings. The number of nitrogens with zero attached hydrogens (tertiary/aromatic N) is 1. The third-order valence-electron chi connectivity index (χ3n) is 3.14. The summed E-state index contributed by atoms with van der Waals surface area (Å²) in [4.78, 5) is 10.6. The highest BCUT2D eigenvalue weighted by atomic mass is 32.2. The van der Waals surface area contributed by atoms with E-state index in [2.05, 4.69) is 4.74 Å². The van der Waals surface area contributed by atoms with Crippen molar-refractivity contribution < 1.29 is 31.8 Å². The van der Waals surface area contributed by atoms with E-state index in [9.17, 15) is 22.0 Å². The lowest BCUT2D eigenvalue weighted by molar-refractivity contribution is -0.140. The maximum absolute atomic E-state index is 12.5. The van der Waals surface area contributed by atoms with Crippen molar-refractivity contribution >= 4 is 16.0 Å². The number of ether oxygens (including phenoxy) is 1. The van der Waals surface area contributed by atoms with Gasteiger partial charge >= 0.3 is 12.6 Å². The Labute approximate surface area is 120 Å². The van der Waals surface area contributed by atoms with Crippen LogP contribution in [-0.2, 0) is 14.8 Å². The van der Waals surface area contributed by atoms with Gasteiger partial charge in [-0.15, -0.1) is 0 Å². The van der Waals surface area contributed by atoms with Crippen molar-refractivity contribution in [2.75, 3.05) is 6.54 Å². The van der Waals surface area contributed by atoms with Gasteiger partial charge in [-0.25, -0.2) is 8.42 Å². The lowest BCUT2D eigenvalue weighted by Crippen LogP contribution is -2.40. The van der Waals surface area contributed by atoms with Gasteiger partial charge in [-0.05, 0) is 25.0 Å². The first kappa shape index (κ1) is 15.6. The molecule has 1 heterocycles. The third-order valence-corrected chi connectivity index (χ3v) is 5.09. The molecule has 1 aliphatic heterocycles. The molecule has 21 heavy (non-hydrogen) atoms. The topological polar surface area (TPSA) is 83.9 Å². The average Bonchev–Trinajstić information content (AvgIpc) is 2.88. The van der Waals surface area contributed by atoms with Crippen LogP contribution in [0.2, 0.25) is 0 Å². The van der Waals surface area contributed by atoms with Gasteiger partial charge in [0.25, 0.3) is 0 Å². The zero-order chi connectivity index (χ0) is 15.6. The molecule has 1 N–H and O–H groups in total. The molecular formula is C12H13F2NO5S. The fourth-order valence-electron chi connectivity index (χ4n) is 2.26. The minimum atomic E-state index is -4.21. The molecule has 0 amide bonds. The minimum absolute atomic E-state index is 0.0301. The molecule has 6 nitrogen and oxygen atoms in total. The van der Waals surface area contributed by atoms with Crippen LogP contribution in [0.3, 0.4) is 0 Å². The van der Waals surface area contributed by atoms with E-state index in [4.69, 9.17) is 5.11 Å². The van der Waals surface area contributed by atoms with Crippen LogP contribution in [-0.4, -0.2) is 43.0 Å². The highest BCUT2D eigenvalue weighted by Crippen LogP contribution is 2.32. The van der Waals surface area contributed by atoms with Crippen LogP contribution in [0, 0.1) is 0 Å². The maximum atomic E-state index is 12.5. The summed E-state index contributed by atoms with van der Waals surface area (Å²) in [7, 11) is -4.21. The van der Waals surface area contributed by atoms with Crippen molar-refractivity contribution in [1.29, 1.82) is 0 Å². The molecule has 1 aliphatic rings. The first-order chi connectivity index (χ1) is 9.84. The Balaban J connectivity index is 2.42. The summed E-state index contributed by atoms with van der Waals surface area (Å²) in [6, 6.07) is 3.75. The fourth-order valence-corrected chi connectivity index (χ4v) is 4.03.